The summed E-state index contributed by atoms with van der Waals surface area (Å²) in [5, 5.41) is 12.6. The molecule has 4 N–H and O–H groups in total. The van der Waals surface area contributed by atoms with Gasteiger partial charge >= 0.3 is 0 Å². The third-order valence-electron chi connectivity index (χ3n) is 2.93. The Morgan fingerprint density at radius 3 is 2.73 bits per heavy atom. The van der Waals surface area contributed by atoms with Crippen LogP contribution in [0.25, 0.3) is 0 Å². The number of unbranched alkanes of at least 4 members (excludes halogenated alkanes) is 1. The highest BCUT2D eigenvalue weighted by Gasteiger charge is 2.23. The molecule has 88 valence electrons. The lowest BCUT2D eigenvalue weighted by Gasteiger charge is -2.28. The molecule has 1 aliphatic rings. The molecule has 2 atom stereocenters. The number of hydrogen-bond donors (Lipinski definition) is 3. The van der Waals surface area contributed by atoms with Crippen molar-refractivity contribution < 1.29 is 9.90 Å². The largest absolute Gasteiger partial charge is 0.391 e. The van der Waals surface area contributed by atoms with Crippen LogP contribution in [0.3, 0.4) is 0 Å². The summed E-state index contributed by atoms with van der Waals surface area (Å²) in [6.45, 7) is 0.638. The maximum absolute atomic E-state index is 11.5. The number of amides is 1. The summed E-state index contributed by atoms with van der Waals surface area (Å²) in [6, 6.07) is -0.0240. The Morgan fingerprint density at radius 1 is 1.33 bits per heavy atom. The van der Waals surface area contributed by atoms with Gasteiger partial charge in [-0.2, -0.15) is 0 Å². The number of carbonyl (C=O) groups excluding carboxylic acids is 1. The first-order chi connectivity index (χ1) is 7.24. The van der Waals surface area contributed by atoms with Crippen molar-refractivity contribution in [2.24, 2.45) is 5.73 Å². The van der Waals surface area contributed by atoms with Crippen LogP contribution in [-0.2, 0) is 4.79 Å². The summed E-state index contributed by atoms with van der Waals surface area (Å²) < 4.78 is 0. The van der Waals surface area contributed by atoms with Crippen molar-refractivity contribution in [3.8, 4) is 0 Å². The van der Waals surface area contributed by atoms with Crippen molar-refractivity contribution in [2.75, 3.05) is 6.54 Å². The van der Waals surface area contributed by atoms with Gasteiger partial charge in [-0.3, -0.25) is 4.79 Å². The van der Waals surface area contributed by atoms with Crippen LogP contribution >= 0.6 is 0 Å². The van der Waals surface area contributed by atoms with Crippen LogP contribution in [0.2, 0.25) is 0 Å². The van der Waals surface area contributed by atoms with Crippen LogP contribution in [0.5, 0.6) is 0 Å². The van der Waals surface area contributed by atoms with Crippen LogP contribution < -0.4 is 11.1 Å². The van der Waals surface area contributed by atoms with Crippen molar-refractivity contribution in [2.45, 2.75) is 57.1 Å². The number of rotatable bonds is 5. The Morgan fingerprint density at radius 2 is 2.07 bits per heavy atom. The molecular weight excluding hydrogens is 192 g/mol. The zero-order chi connectivity index (χ0) is 11.1. The molecule has 0 aromatic heterocycles. The maximum atomic E-state index is 11.5. The molecule has 1 fully saturated rings. The Bertz CT molecular complexity index is 197. The molecule has 1 aliphatic carbocycles. The first-order valence-corrected chi connectivity index (χ1v) is 5.91. The minimum Gasteiger partial charge on any atom is -0.391 e. The molecule has 0 saturated heterocycles. The summed E-state index contributed by atoms with van der Waals surface area (Å²) >= 11 is 0. The molecule has 1 amide bonds. The number of nitrogens with one attached hydrogen (secondary N) is 1. The quantitative estimate of drug-likeness (QED) is 0.584. The molecular formula is C11H22N2O2. The van der Waals surface area contributed by atoms with Crippen molar-refractivity contribution in [1.29, 1.82) is 0 Å². The second-order valence-corrected chi connectivity index (χ2v) is 4.27. The van der Waals surface area contributed by atoms with Crippen molar-refractivity contribution in [3.05, 3.63) is 0 Å². The van der Waals surface area contributed by atoms with Gasteiger partial charge in [-0.15, -0.1) is 0 Å². The third kappa shape index (κ3) is 4.62. The predicted molar refractivity (Wildman–Crippen MR) is 59.3 cm³/mol. The normalized spacial score (nSPS) is 26.3. The van der Waals surface area contributed by atoms with Crippen LogP contribution in [0.15, 0.2) is 0 Å². The smallest absolute Gasteiger partial charge is 0.220 e. The van der Waals surface area contributed by atoms with Crippen LogP contribution in [0, 0.1) is 0 Å². The Balaban J connectivity index is 2.18. The lowest BCUT2D eigenvalue weighted by atomic mass is 9.92. The Hall–Kier alpha value is -0.610. The van der Waals surface area contributed by atoms with Gasteiger partial charge in [0.2, 0.25) is 5.91 Å². The topological polar surface area (TPSA) is 75.4 Å². The van der Waals surface area contributed by atoms with Gasteiger partial charge in [-0.05, 0) is 32.2 Å². The first-order valence-electron chi connectivity index (χ1n) is 5.91. The van der Waals surface area contributed by atoms with Gasteiger partial charge in [-0.25, -0.2) is 0 Å². The number of hydrogen-bond acceptors (Lipinski definition) is 3. The van der Waals surface area contributed by atoms with E-state index in [1.165, 1.54) is 0 Å². The van der Waals surface area contributed by atoms with E-state index in [0.29, 0.717) is 13.0 Å². The van der Waals surface area contributed by atoms with Crippen molar-refractivity contribution in [3.63, 3.8) is 0 Å². The SMILES string of the molecule is NCCCCC(=O)N[C@H]1CCCC[C@@H]1O. The molecule has 0 aromatic rings. The molecule has 0 aromatic carbocycles. The number of carbonyl (C=O) groups is 1. The number of aliphatic hydroxyl groups excluding tert-OH is 1. The van der Waals surface area contributed by atoms with E-state index in [2.05, 4.69) is 5.32 Å². The highest BCUT2D eigenvalue weighted by molar-refractivity contribution is 5.76. The van der Waals surface area contributed by atoms with E-state index in [0.717, 1.165) is 38.5 Å². The van der Waals surface area contributed by atoms with Gasteiger partial charge in [0.15, 0.2) is 0 Å². The van der Waals surface area contributed by atoms with E-state index in [4.69, 9.17) is 5.73 Å². The van der Waals surface area contributed by atoms with Gasteiger partial charge in [-0.1, -0.05) is 12.8 Å². The highest BCUT2D eigenvalue weighted by atomic mass is 16.3. The molecule has 0 radical (unpaired) electrons. The molecule has 4 nitrogen and oxygen atoms in total. The fraction of sp³-hybridized carbons (Fsp3) is 0.909. The number of aliphatic hydroxyl groups is 1. The van der Waals surface area contributed by atoms with Crippen LogP contribution in [-0.4, -0.2) is 29.7 Å². The summed E-state index contributed by atoms with van der Waals surface area (Å²) in [5.74, 6) is 0.0504. The summed E-state index contributed by atoms with van der Waals surface area (Å²) in [4.78, 5) is 11.5. The molecule has 0 bridgehead atoms. The molecule has 0 unspecified atom stereocenters. The van der Waals surface area contributed by atoms with E-state index in [1.54, 1.807) is 0 Å². The predicted octanol–water partition coefficient (Wildman–Crippen LogP) is 0.535. The van der Waals surface area contributed by atoms with Crippen molar-refractivity contribution in [1.82, 2.24) is 5.32 Å². The van der Waals surface area contributed by atoms with Gasteiger partial charge in [0.05, 0.1) is 12.1 Å². The summed E-state index contributed by atoms with van der Waals surface area (Å²) in [6.07, 6.45) is 5.80. The minimum atomic E-state index is -0.350. The molecule has 1 rings (SSSR count). The minimum absolute atomic E-state index is 0.0240. The molecule has 4 heteroatoms. The van der Waals surface area contributed by atoms with Crippen LogP contribution in [0.4, 0.5) is 0 Å². The van der Waals surface area contributed by atoms with E-state index in [-0.39, 0.29) is 18.1 Å². The Labute approximate surface area is 91.2 Å². The lowest BCUT2D eigenvalue weighted by molar-refractivity contribution is -0.123. The monoisotopic (exact) mass is 214 g/mol. The average Bonchev–Trinajstić information content (AvgIpc) is 2.22. The van der Waals surface area contributed by atoms with Crippen molar-refractivity contribution >= 4 is 5.91 Å². The van der Waals surface area contributed by atoms with Gasteiger partial charge < -0.3 is 16.2 Å². The standard InChI is InChI=1S/C11H22N2O2/c12-8-4-3-7-11(15)13-9-5-1-2-6-10(9)14/h9-10,14H,1-8,12H2,(H,13,15)/t9-,10-/m0/s1. The fourth-order valence-corrected chi connectivity index (χ4v) is 1.99. The summed E-state index contributed by atoms with van der Waals surface area (Å²) in [5.41, 5.74) is 5.35. The Kier molecular flexibility index (Phi) is 5.65. The zero-order valence-corrected chi connectivity index (χ0v) is 9.24. The second-order valence-electron chi connectivity index (χ2n) is 4.27. The van der Waals surface area contributed by atoms with Gasteiger partial charge in [0, 0.05) is 6.42 Å². The summed E-state index contributed by atoms with van der Waals surface area (Å²) in [7, 11) is 0. The van der Waals surface area contributed by atoms with E-state index < -0.39 is 0 Å². The number of nitrogens with two attached hydrogens (primary N) is 1. The highest BCUT2D eigenvalue weighted by Crippen LogP contribution is 2.18. The lowest BCUT2D eigenvalue weighted by Crippen LogP contribution is -2.45. The molecule has 0 heterocycles. The maximum Gasteiger partial charge on any atom is 0.220 e. The van der Waals surface area contributed by atoms with E-state index in [9.17, 15) is 9.90 Å². The van der Waals surface area contributed by atoms with E-state index >= 15 is 0 Å². The van der Waals surface area contributed by atoms with E-state index in [1.807, 2.05) is 0 Å². The van der Waals surface area contributed by atoms with Gasteiger partial charge in [0.25, 0.3) is 0 Å². The average molecular weight is 214 g/mol. The molecule has 0 spiro atoms. The first kappa shape index (κ1) is 12.5. The molecule has 0 aliphatic heterocycles. The zero-order valence-electron chi connectivity index (χ0n) is 9.24. The van der Waals surface area contributed by atoms with Gasteiger partial charge in [0.1, 0.15) is 0 Å². The fourth-order valence-electron chi connectivity index (χ4n) is 1.99. The van der Waals surface area contributed by atoms with Crippen LogP contribution in [0.1, 0.15) is 44.9 Å². The molecule has 15 heavy (non-hydrogen) atoms. The molecule has 1 saturated carbocycles. The third-order valence-corrected chi connectivity index (χ3v) is 2.93. The second kappa shape index (κ2) is 6.80.